The molecule has 1 heterocycles. The number of nitrogens with zero attached hydrogens (tertiary/aromatic N) is 1. The molecule has 0 aliphatic rings. The van der Waals surface area contributed by atoms with Crippen LogP contribution in [0.3, 0.4) is 0 Å². The van der Waals surface area contributed by atoms with Crippen LogP contribution in [0.4, 0.5) is 0 Å². The van der Waals surface area contributed by atoms with E-state index in [2.05, 4.69) is 38.1 Å². The second kappa shape index (κ2) is 6.95. The normalized spacial score (nSPS) is 10.6. The van der Waals surface area contributed by atoms with Gasteiger partial charge in [0.2, 0.25) is 5.91 Å². The fourth-order valence-electron chi connectivity index (χ4n) is 1.94. The third-order valence-electron chi connectivity index (χ3n) is 3.08. The predicted octanol–water partition coefficient (Wildman–Crippen LogP) is 4.12. The summed E-state index contributed by atoms with van der Waals surface area (Å²) in [6, 6.07) is 10.4. The van der Waals surface area contributed by atoms with Crippen molar-refractivity contribution in [2.75, 3.05) is 12.8 Å². The highest BCUT2D eigenvalue weighted by molar-refractivity contribution is 8.00. The molecule has 0 aliphatic carbocycles. The summed E-state index contributed by atoms with van der Waals surface area (Å²) in [7, 11) is 1.87. The smallest absolute Gasteiger partial charge is 0.233 e. The van der Waals surface area contributed by atoms with E-state index in [9.17, 15) is 4.79 Å². The van der Waals surface area contributed by atoms with Crippen molar-refractivity contribution in [3.8, 4) is 0 Å². The van der Waals surface area contributed by atoms with E-state index in [1.165, 1.54) is 20.9 Å². The highest BCUT2D eigenvalue weighted by atomic mass is 32.2. The van der Waals surface area contributed by atoms with Gasteiger partial charge in [-0.1, -0.05) is 23.8 Å². The molecule has 1 amide bonds. The first kappa shape index (κ1) is 15.1. The molecular formula is C16H19NOS2. The first-order valence-electron chi connectivity index (χ1n) is 6.52. The van der Waals surface area contributed by atoms with Crippen molar-refractivity contribution in [3.05, 3.63) is 51.7 Å². The van der Waals surface area contributed by atoms with Gasteiger partial charge in [0.05, 0.1) is 12.3 Å². The molecule has 0 saturated carbocycles. The summed E-state index contributed by atoms with van der Waals surface area (Å²) in [4.78, 5) is 16.3. The Hall–Kier alpha value is -1.26. The van der Waals surface area contributed by atoms with E-state index in [4.69, 9.17) is 0 Å². The van der Waals surface area contributed by atoms with Crippen LogP contribution in [0, 0.1) is 13.8 Å². The van der Waals surface area contributed by atoms with E-state index in [1.54, 1.807) is 28.0 Å². The van der Waals surface area contributed by atoms with Crippen LogP contribution in [0.2, 0.25) is 0 Å². The van der Waals surface area contributed by atoms with Crippen molar-refractivity contribution in [2.24, 2.45) is 0 Å². The number of thiophene rings is 1. The molecule has 2 nitrogen and oxygen atoms in total. The Labute approximate surface area is 128 Å². The fourth-order valence-corrected chi connectivity index (χ4v) is 3.64. The standard InChI is InChI=1S/C16H19NOS2/c1-12-6-7-15(13(2)9-12)20-11-16(18)17(3)10-14-5-4-8-19-14/h4-9H,10-11H2,1-3H3. The zero-order valence-electron chi connectivity index (χ0n) is 12.1. The zero-order chi connectivity index (χ0) is 14.5. The first-order chi connectivity index (χ1) is 9.56. The number of hydrogen-bond donors (Lipinski definition) is 0. The zero-order valence-corrected chi connectivity index (χ0v) is 13.7. The summed E-state index contributed by atoms with van der Waals surface area (Å²) in [6.45, 7) is 4.88. The third kappa shape index (κ3) is 4.12. The maximum Gasteiger partial charge on any atom is 0.233 e. The van der Waals surface area contributed by atoms with E-state index in [0.717, 1.165) is 0 Å². The lowest BCUT2D eigenvalue weighted by atomic mass is 10.2. The number of amides is 1. The molecule has 0 unspecified atom stereocenters. The molecule has 0 atom stereocenters. The van der Waals surface area contributed by atoms with Gasteiger partial charge in [-0.25, -0.2) is 0 Å². The van der Waals surface area contributed by atoms with E-state index < -0.39 is 0 Å². The maximum atomic E-state index is 12.1. The minimum atomic E-state index is 0.170. The fraction of sp³-hybridized carbons (Fsp3) is 0.312. The van der Waals surface area contributed by atoms with E-state index in [0.29, 0.717) is 12.3 Å². The Balaban J connectivity index is 1.88. The monoisotopic (exact) mass is 305 g/mol. The molecule has 0 N–H and O–H groups in total. The van der Waals surface area contributed by atoms with Crippen LogP contribution in [0.15, 0.2) is 40.6 Å². The number of carbonyl (C=O) groups is 1. The SMILES string of the molecule is Cc1ccc(SCC(=O)N(C)Cc2cccs2)c(C)c1. The average Bonchev–Trinajstić information content (AvgIpc) is 2.90. The molecule has 0 fully saturated rings. The molecule has 106 valence electrons. The van der Waals surface area contributed by atoms with Crippen molar-refractivity contribution in [1.29, 1.82) is 0 Å². The Morgan fingerprint density at radius 2 is 2.10 bits per heavy atom. The van der Waals surface area contributed by atoms with Crippen LogP contribution in [0.25, 0.3) is 0 Å². The Kier molecular flexibility index (Phi) is 5.26. The van der Waals surface area contributed by atoms with E-state index in [-0.39, 0.29) is 5.91 Å². The molecule has 4 heteroatoms. The number of aryl methyl sites for hydroxylation is 2. The highest BCUT2D eigenvalue weighted by Crippen LogP contribution is 2.23. The van der Waals surface area contributed by atoms with Gasteiger partial charge in [-0.05, 0) is 36.9 Å². The Morgan fingerprint density at radius 3 is 2.75 bits per heavy atom. The predicted molar refractivity (Wildman–Crippen MR) is 87.4 cm³/mol. The lowest BCUT2D eigenvalue weighted by Crippen LogP contribution is -2.27. The number of hydrogen-bond acceptors (Lipinski definition) is 3. The number of rotatable bonds is 5. The molecule has 1 aromatic carbocycles. The molecule has 2 rings (SSSR count). The first-order valence-corrected chi connectivity index (χ1v) is 8.39. The van der Waals surface area contributed by atoms with Gasteiger partial charge in [0.1, 0.15) is 0 Å². The molecular weight excluding hydrogens is 286 g/mol. The number of thioether (sulfide) groups is 1. The van der Waals surface area contributed by atoms with Crippen molar-refractivity contribution in [2.45, 2.75) is 25.3 Å². The molecule has 0 bridgehead atoms. The summed E-state index contributed by atoms with van der Waals surface area (Å²) < 4.78 is 0. The van der Waals surface area contributed by atoms with Crippen molar-refractivity contribution < 1.29 is 4.79 Å². The topological polar surface area (TPSA) is 20.3 Å². The van der Waals surface area contributed by atoms with Crippen LogP contribution >= 0.6 is 23.1 Å². The Bertz CT molecular complexity index is 578. The number of benzene rings is 1. The second-order valence-corrected chi connectivity index (χ2v) is 6.94. The average molecular weight is 305 g/mol. The lowest BCUT2D eigenvalue weighted by molar-refractivity contribution is -0.127. The molecule has 0 spiro atoms. The summed E-state index contributed by atoms with van der Waals surface area (Å²) in [5.74, 6) is 0.662. The highest BCUT2D eigenvalue weighted by Gasteiger charge is 2.11. The molecule has 0 saturated heterocycles. The van der Waals surface area contributed by atoms with Crippen LogP contribution in [0.5, 0.6) is 0 Å². The second-order valence-electron chi connectivity index (χ2n) is 4.89. The molecule has 0 aliphatic heterocycles. The molecule has 0 radical (unpaired) electrons. The summed E-state index contributed by atoms with van der Waals surface area (Å²) in [5.41, 5.74) is 2.50. The van der Waals surface area contributed by atoms with Gasteiger partial charge in [-0.15, -0.1) is 23.1 Å². The van der Waals surface area contributed by atoms with Crippen LogP contribution in [0.1, 0.15) is 16.0 Å². The largest absolute Gasteiger partial charge is 0.340 e. The van der Waals surface area contributed by atoms with E-state index in [1.807, 2.05) is 18.5 Å². The summed E-state index contributed by atoms with van der Waals surface area (Å²) >= 11 is 3.30. The van der Waals surface area contributed by atoms with Crippen LogP contribution < -0.4 is 0 Å². The van der Waals surface area contributed by atoms with Gasteiger partial charge in [0.15, 0.2) is 0 Å². The van der Waals surface area contributed by atoms with Gasteiger partial charge in [-0.2, -0.15) is 0 Å². The quantitative estimate of drug-likeness (QED) is 0.775. The minimum Gasteiger partial charge on any atom is -0.340 e. The van der Waals surface area contributed by atoms with Crippen molar-refractivity contribution >= 4 is 29.0 Å². The molecule has 1 aromatic heterocycles. The molecule has 20 heavy (non-hydrogen) atoms. The third-order valence-corrected chi connectivity index (χ3v) is 5.10. The van der Waals surface area contributed by atoms with Gasteiger partial charge >= 0.3 is 0 Å². The minimum absolute atomic E-state index is 0.170. The van der Waals surface area contributed by atoms with Crippen molar-refractivity contribution in [3.63, 3.8) is 0 Å². The number of carbonyl (C=O) groups excluding carboxylic acids is 1. The summed E-state index contributed by atoms with van der Waals surface area (Å²) in [5, 5.41) is 2.04. The van der Waals surface area contributed by atoms with Gasteiger partial charge in [-0.3, -0.25) is 4.79 Å². The van der Waals surface area contributed by atoms with E-state index >= 15 is 0 Å². The maximum absolute atomic E-state index is 12.1. The van der Waals surface area contributed by atoms with Gasteiger partial charge in [0.25, 0.3) is 0 Å². The lowest BCUT2D eigenvalue weighted by Gasteiger charge is -2.16. The van der Waals surface area contributed by atoms with Crippen LogP contribution in [-0.4, -0.2) is 23.6 Å². The summed E-state index contributed by atoms with van der Waals surface area (Å²) in [6.07, 6.45) is 0. The van der Waals surface area contributed by atoms with Gasteiger partial charge in [0, 0.05) is 16.8 Å². The van der Waals surface area contributed by atoms with Gasteiger partial charge < -0.3 is 4.90 Å². The van der Waals surface area contributed by atoms with Crippen molar-refractivity contribution in [1.82, 2.24) is 4.90 Å². The Morgan fingerprint density at radius 1 is 1.30 bits per heavy atom. The van der Waals surface area contributed by atoms with Crippen LogP contribution in [-0.2, 0) is 11.3 Å². The molecule has 2 aromatic rings.